The Bertz CT molecular complexity index is 797. The van der Waals surface area contributed by atoms with Crippen molar-refractivity contribution in [1.29, 1.82) is 0 Å². The summed E-state index contributed by atoms with van der Waals surface area (Å²) in [7, 11) is 0. The highest BCUT2D eigenvalue weighted by Gasteiger charge is 2.22. The Morgan fingerprint density at radius 2 is 2.19 bits per heavy atom. The van der Waals surface area contributed by atoms with E-state index in [1.165, 1.54) is 17.1 Å². The van der Waals surface area contributed by atoms with Crippen LogP contribution in [0, 0.1) is 6.92 Å². The molecule has 26 heavy (non-hydrogen) atoms. The summed E-state index contributed by atoms with van der Waals surface area (Å²) in [6.07, 6.45) is 0.887. The van der Waals surface area contributed by atoms with Gasteiger partial charge in [0.2, 0.25) is 0 Å². The molecule has 0 unspecified atom stereocenters. The average Bonchev–Trinajstić information content (AvgIpc) is 3.10. The Hall–Kier alpha value is -1.83. The SMILES string of the molecule is Cc1c(CN2CCSCC2)cccc1NC(=O)c1n[nH]c2c1CNCC2. The molecule has 0 spiro atoms. The van der Waals surface area contributed by atoms with Gasteiger partial charge in [-0.05, 0) is 24.1 Å². The van der Waals surface area contributed by atoms with E-state index in [0.29, 0.717) is 12.2 Å². The molecule has 3 N–H and O–H groups in total. The van der Waals surface area contributed by atoms with Gasteiger partial charge >= 0.3 is 0 Å². The van der Waals surface area contributed by atoms with Crippen LogP contribution in [0.25, 0.3) is 0 Å². The average molecular weight is 372 g/mol. The lowest BCUT2D eigenvalue weighted by Crippen LogP contribution is -2.32. The van der Waals surface area contributed by atoms with Crippen LogP contribution >= 0.6 is 11.8 Å². The van der Waals surface area contributed by atoms with Crippen molar-refractivity contribution in [2.45, 2.75) is 26.4 Å². The molecule has 0 atom stereocenters. The molecule has 6 nitrogen and oxygen atoms in total. The van der Waals surface area contributed by atoms with Gasteiger partial charge in [0.25, 0.3) is 5.91 Å². The molecule has 1 saturated heterocycles. The first-order chi connectivity index (χ1) is 12.7. The second-order valence-electron chi connectivity index (χ2n) is 6.89. The van der Waals surface area contributed by atoms with Gasteiger partial charge in [0, 0.05) is 67.6 Å². The smallest absolute Gasteiger partial charge is 0.276 e. The van der Waals surface area contributed by atoms with Gasteiger partial charge in [0.1, 0.15) is 0 Å². The summed E-state index contributed by atoms with van der Waals surface area (Å²) < 4.78 is 0. The first kappa shape index (κ1) is 17.6. The molecule has 1 amide bonds. The molecule has 138 valence electrons. The Balaban J connectivity index is 1.50. The number of nitrogens with zero attached hydrogens (tertiary/aromatic N) is 2. The lowest BCUT2D eigenvalue weighted by Gasteiger charge is -2.27. The number of anilines is 1. The number of aromatic nitrogens is 2. The van der Waals surface area contributed by atoms with Gasteiger partial charge in [-0.15, -0.1) is 0 Å². The summed E-state index contributed by atoms with van der Waals surface area (Å²) >= 11 is 2.02. The Morgan fingerprint density at radius 1 is 1.35 bits per heavy atom. The normalized spacial score (nSPS) is 17.7. The summed E-state index contributed by atoms with van der Waals surface area (Å²) in [5.41, 5.74) is 5.86. The molecule has 1 aromatic heterocycles. The highest BCUT2D eigenvalue weighted by atomic mass is 32.2. The number of amides is 1. The number of benzene rings is 1. The van der Waals surface area contributed by atoms with Gasteiger partial charge in [-0.25, -0.2) is 0 Å². The number of H-pyrrole nitrogens is 1. The van der Waals surface area contributed by atoms with Crippen molar-refractivity contribution in [3.8, 4) is 0 Å². The van der Waals surface area contributed by atoms with E-state index in [1.54, 1.807) is 0 Å². The van der Waals surface area contributed by atoms with E-state index in [9.17, 15) is 4.79 Å². The fraction of sp³-hybridized carbons (Fsp3) is 0.474. The third kappa shape index (κ3) is 3.65. The molecule has 0 bridgehead atoms. The second kappa shape index (κ2) is 7.82. The van der Waals surface area contributed by atoms with Crippen molar-refractivity contribution in [2.75, 3.05) is 36.5 Å². The summed E-state index contributed by atoms with van der Waals surface area (Å²) in [4.78, 5) is 15.3. The van der Waals surface area contributed by atoms with Crippen LogP contribution in [0.5, 0.6) is 0 Å². The standard InChI is InChI=1S/C19H25N5OS/c1-13-14(12-24-7-9-26-10-8-24)3-2-4-16(13)21-19(25)18-15-11-20-6-5-17(15)22-23-18/h2-4,20H,5-12H2,1H3,(H,21,25)(H,22,23). The number of rotatable bonds is 4. The molecule has 2 aliphatic rings. The van der Waals surface area contributed by atoms with E-state index in [2.05, 4.69) is 38.7 Å². The largest absolute Gasteiger partial charge is 0.320 e. The van der Waals surface area contributed by atoms with Gasteiger partial charge in [-0.2, -0.15) is 16.9 Å². The monoisotopic (exact) mass is 371 g/mol. The molecular weight excluding hydrogens is 346 g/mol. The summed E-state index contributed by atoms with van der Waals surface area (Å²) in [6.45, 7) is 6.91. The number of carbonyl (C=O) groups excluding carboxylic acids is 1. The zero-order chi connectivity index (χ0) is 17.9. The number of hydrogen-bond acceptors (Lipinski definition) is 5. The maximum absolute atomic E-state index is 12.8. The molecule has 2 aromatic rings. The Morgan fingerprint density at radius 3 is 3.04 bits per heavy atom. The predicted molar refractivity (Wildman–Crippen MR) is 106 cm³/mol. The van der Waals surface area contributed by atoms with E-state index in [-0.39, 0.29) is 5.91 Å². The molecule has 3 heterocycles. The quantitative estimate of drug-likeness (QED) is 0.768. The molecule has 0 radical (unpaired) electrons. The van der Waals surface area contributed by atoms with Crippen molar-refractivity contribution in [3.05, 3.63) is 46.3 Å². The van der Waals surface area contributed by atoms with Crippen molar-refractivity contribution in [3.63, 3.8) is 0 Å². The molecule has 0 aliphatic carbocycles. The van der Waals surface area contributed by atoms with Crippen LogP contribution in [-0.4, -0.2) is 52.1 Å². The summed E-state index contributed by atoms with van der Waals surface area (Å²) in [6, 6.07) is 6.16. The van der Waals surface area contributed by atoms with Crippen LogP contribution in [0.1, 0.15) is 32.9 Å². The van der Waals surface area contributed by atoms with Gasteiger partial charge in [0.05, 0.1) is 0 Å². The fourth-order valence-electron chi connectivity index (χ4n) is 3.58. The van der Waals surface area contributed by atoms with Crippen molar-refractivity contribution >= 4 is 23.4 Å². The number of hydrogen-bond donors (Lipinski definition) is 3. The van der Waals surface area contributed by atoms with Gasteiger partial charge in [0.15, 0.2) is 5.69 Å². The van der Waals surface area contributed by atoms with Crippen LogP contribution in [0.3, 0.4) is 0 Å². The van der Waals surface area contributed by atoms with Gasteiger partial charge in [-0.3, -0.25) is 14.8 Å². The van der Waals surface area contributed by atoms with Crippen molar-refractivity contribution < 1.29 is 4.79 Å². The van der Waals surface area contributed by atoms with E-state index in [0.717, 1.165) is 55.1 Å². The van der Waals surface area contributed by atoms with Crippen LogP contribution in [0.4, 0.5) is 5.69 Å². The topological polar surface area (TPSA) is 73.0 Å². The molecule has 2 aliphatic heterocycles. The van der Waals surface area contributed by atoms with E-state index >= 15 is 0 Å². The molecule has 4 rings (SSSR count). The minimum Gasteiger partial charge on any atom is -0.320 e. The van der Waals surface area contributed by atoms with Crippen LogP contribution in [0.2, 0.25) is 0 Å². The predicted octanol–water partition coefficient (Wildman–Crippen LogP) is 2.16. The minimum atomic E-state index is -0.138. The third-order valence-corrected chi connectivity index (χ3v) is 6.16. The van der Waals surface area contributed by atoms with Crippen molar-refractivity contribution in [1.82, 2.24) is 20.4 Å². The zero-order valence-corrected chi connectivity index (χ0v) is 15.9. The molecule has 1 fully saturated rings. The molecule has 0 saturated carbocycles. The molecule has 7 heteroatoms. The van der Waals surface area contributed by atoms with Gasteiger partial charge in [-0.1, -0.05) is 12.1 Å². The van der Waals surface area contributed by atoms with E-state index < -0.39 is 0 Å². The first-order valence-electron chi connectivity index (χ1n) is 9.19. The van der Waals surface area contributed by atoms with Crippen LogP contribution < -0.4 is 10.6 Å². The van der Waals surface area contributed by atoms with E-state index in [4.69, 9.17) is 0 Å². The number of nitrogens with one attached hydrogen (secondary N) is 3. The maximum Gasteiger partial charge on any atom is 0.276 e. The third-order valence-electron chi connectivity index (χ3n) is 5.21. The lowest BCUT2D eigenvalue weighted by atomic mass is 10.0. The fourth-order valence-corrected chi connectivity index (χ4v) is 4.56. The maximum atomic E-state index is 12.8. The number of fused-ring (bicyclic) bond motifs is 1. The number of carbonyl (C=O) groups is 1. The van der Waals surface area contributed by atoms with Crippen molar-refractivity contribution in [2.24, 2.45) is 0 Å². The van der Waals surface area contributed by atoms with Crippen LogP contribution in [0.15, 0.2) is 18.2 Å². The first-order valence-corrected chi connectivity index (χ1v) is 10.3. The highest BCUT2D eigenvalue weighted by molar-refractivity contribution is 7.99. The summed E-state index contributed by atoms with van der Waals surface area (Å²) in [5.74, 6) is 2.27. The Labute approximate surface area is 158 Å². The lowest BCUT2D eigenvalue weighted by molar-refractivity contribution is 0.102. The number of aromatic amines is 1. The highest BCUT2D eigenvalue weighted by Crippen LogP contribution is 2.23. The van der Waals surface area contributed by atoms with E-state index in [1.807, 2.05) is 23.9 Å². The Kier molecular flexibility index (Phi) is 5.28. The molecule has 1 aromatic carbocycles. The summed E-state index contributed by atoms with van der Waals surface area (Å²) in [5, 5.41) is 13.6. The number of thioether (sulfide) groups is 1. The molecular formula is C19H25N5OS. The minimum absolute atomic E-state index is 0.138. The second-order valence-corrected chi connectivity index (χ2v) is 8.11. The zero-order valence-electron chi connectivity index (χ0n) is 15.1. The van der Waals surface area contributed by atoms with Gasteiger partial charge < -0.3 is 10.6 Å². The van der Waals surface area contributed by atoms with Crippen LogP contribution in [-0.2, 0) is 19.5 Å².